The van der Waals surface area contributed by atoms with E-state index < -0.39 is 23.0 Å². The molecular formula is C24H20N2O6. The first-order chi connectivity index (χ1) is 15.4. The van der Waals surface area contributed by atoms with Crippen LogP contribution in [0.4, 0.5) is 10.5 Å². The minimum Gasteiger partial charge on any atom is -0.480 e. The maximum absolute atomic E-state index is 12.4. The van der Waals surface area contributed by atoms with Gasteiger partial charge in [-0.05, 0) is 27.8 Å². The highest BCUT2D eigenvalue weighted by Gasteiger charge is 2.29. The minimum atomic E-state index is -1.23. The highest BCUT2D eigenvalue weighted by Crippen LogP contribution is 2.44. The quantitative estimate of drug-likeness (QED) is 0.428. The summed E-state index contributed by atoms with van der Waals surface area (Å²) in [6.07, 6.45) is -0.862. The molecule has 8 heteroatoms. The van der Waals surface area contributed by atoms with Gasteiger partial charge in [-0.3, -0.25) is 10.1 Å². The molecule has 0 aliphatic heterocycles. The van der Waals surface area contributed by atoms with Crippen molar-refractivity contribution in [2.45, 2.75) is 18.4 Å². The standard InChI is InChI=1S/C24H20N2O6/c27-23(28)22(13-15-9-11-16(12-10-15)26(30)31)25-24(29)32-14-21-19-7-3-1-5-17(19)18-6-2-4-8-20(18)21/h1-12,21-22H,13-14H2,(H,25,29)(H,27,28). The molecule has 0 heterocycles. The first-order valence-corrected chi connectivity index (χ1v) is 10.0. The number of carbonyl (C=O) groups is 2. The van der Waals surface area contributed by atoms with Crippen LogP contribution in [0.3, 0.4) is 0 Å². The Labute approximate surface area is 183 Å². The average molecular weight is 432 g/mol. The van der Waals surface area contributed by atoms with Crippen LogP contribution in [-0.4, -0.2) is 34.7 Å². The smallest absolute Gasteiger partial charge is 0.407 e. The average Bonchev–Trinajstić information content (AvgIpc) is 3.11. The van der Waals surface area contributed by atoms with Crippen LogP contribution >= 0.6 is 0 Å². The van der Waals surface area contributed by atoms with E-state index in [1.54, 1.807) is 0 Å². The van der Waals surface area contributed by atoms with Crippen molar-refractivity contribution in [3.8, 4) is 11.1 Å². The van der Waals surface area contributed by atoms with E-state index in [0.717, 1.165) is 22.3 Å². The van der Waals surface area contributed by atoms with Crippen LogP contribution in [0.25, 0.3) is 11.1 Å². The van der Waals surface area contributed by atoms with E-state index in [-0.39, 0.29) is 24.6 Å². The third-order valence-electron chi connectivity index (χ3n) is 5.52. The molecule has 162 valence electrons. The molecule has 32 heavy (non-hydrogen) atoms. The SMILES string of the molecule is O=C(NC(Cc1ccc([N+](=O)[O-])cc1)C(=O)O)OCC1c2ccccc2-c2ccccc21. The summed E-state index contributed by atoms with van der Waals surface area (Å²) < 4.78 is 5.41. The second-order valence-electron chi connectivity index (χ2n) is 7.49. The van der Waals surface area contributed by atoms with Crippen molar-refractivity contribution in [1.82, 2.24) is 5.32 Å². The molecule has 2 N–H and O–H groups in total. The number of fused-ring (bicyclic) bond motifs is 3. The van der Waals surface area contributed by atoms with Crippen molar-refractivity contribution < 1.29 is 24.4 Å². The molecule has 0 fully saturated rings. The lowest BCUT2D eigenvalue weighted by atomic mass is 9.98. The van der Waals surface area contributed by atoms with Crippen molar-refractivity contribution in [3.63, 3.8) is 0 Å². The summed E-state index contributed by atoms with van der Waals surface area (Å²) in [5.74, 6) is -1.36. The second kappa shape index (κ2) is 8.89. The van der Waals surface area contributed by atoms with Crippen molar-refractivity contribution in [1.29, 1.82) is 0 Å². The van der Waals surface area contributed by atoms with Crippen molar-refractivity contribution in [3.05, 3.63) is 99.6 Å². The van der Waals surface area contributed by atoms with E-state index >= 15 is 0 Å². The summed E-state index contributed by atoms with van der Waals surface area (Å²) in [6.45, 7) is 0.0731. The molecule has 0 aromatic heterocycles. The Morgan fingerprint density at radius 3 is 2.06 bits per heavy atom. The van der Waals surface area contributed by atoms with E-state index in [2.05, 4.69) is 5.32 Å². The van der Waals surface area contributed by atoms with Gasteiger partial charge >= 0.3 is 12.1 Å². The monoisotopic (exact) mass is 432 g/mol. The van der Waals surface area contributed by atoms with Gasteiger partial charge in [-0.1, -0.05) is 60.7 Å². The Bertz CT molecular complexity index is 1130. The number of ether oxygens (including phenoxy) is 1. The van der Waals surface area contributed by atoms with Gasteiger partial charge in [0.25, 0.3) is 5.69 Å². The molecule has 1 aliphatic rings. The molecule has 1 amide bonds. The summed E-state index contributed by atoms with van der Waals surface area (Å²) >= 11 is 0. The number of amides is 1. The first-order valence-electron chi connectivity index (χ1n) is 10.0. The Morgan fingerprint density at radius 1 is 0.969 bits per heavy atom. The first kappa shape index (κ1) is 21.0. The van der Waals surface area contributed by atoms with Crippen LogP contribution in [0.1, 0.15) is 22.6 Å². The molecule has 4 rings (SSSR count). The van der Waals surface area contributed by atoms with Crippen LogP contribution in [0.15, 0.2) is 72.8 Å². The molecule has 0 spiro atoms. The number of carboxylic acids is 1. The highest BCUT2D eigenvalue weighted by molar-refractivity contribution is 5.81. The highest BCUT2D eigenvalue weighted by atomic mass is 16.6. The maximum atomic E-state index is 12.4. The predicted octanol–water partition coefficient (Wildman–Crippen LogP) is 4.13. The van der Waals surface area contributed by atoms with E-state index in [9.17, 15) is 24.8 Å². The van der Waals surface area contributed by atoms with E-state index in [1.807, 2.05) is 48.5 Å². The van der Waals surface area contributed by atoms with Gasteiger partial charge in [-0.25, -0.2) is 9.59 Å². The summed E-state index contributed by atoms with van der Waals surface area (Å²) in [5.41, 5.74) is 4.76. The number of nitrogens with one attached hydrogen (secondary N) is 1. The van der Waals surface area contributed by atoms with Crippen molar-refractivity contribution >= 4 is 17.7 Å². The molecule has 0 saturated heterocycles. The third-order valence-corrected chi connectivity index (χ3v) is 5.52. The molecule has 8 nitrogen and oxygen atoms in total. The lowest BCUT2D eigenvalue weighted by molar-refractivity contribution is -0.384. The number of nitrogens with zero attached hydrogens (tertiary/aromatic N) is 1. The number of hydrogen-bond donors (Lipinski definition) is 2. The summed E-state index contributed by atoms with van der Waals surface area (Å²) in [6, 6.07) is 20.1. The Balaban J connectivity index is 1.41. The number of non-ortho nitro benzene ring substituents is 1. The third kappa shape index (κ3) is 4.29. The number of nitro benzene ring substituents is 1. The van der Waals surface area contributed by atoms with E-state index in [4.69, 9.17) is 4.74 Å². The molecule has 0 saturated carbocycles. The predicted molar refractivity (Wildman–Crippen MR) is 116 cm³/mol. The number of aliphatic carboxylic acids is 1. The van der Waals surface area contributed by atoms with Crippen LogP contribution in [0, 0.1) is 10.1 Å². The fourth-order valence-electron chi connectivity index (χ4n) is 3.97. The van der Waals surface area contributed by atoms with Gasteiger partial charge in [-0.15, -0.1) is 0 Å². The van der Waals surface area contributed by atoms with Gasteiger partial charge in [0.1, 0.15) is 12.6 Å². The summed E-state index contributed by atoms with van der Waals surface area (Å²) in [5, 5.41) is 22.6. The largest absolute Gasteiger partial charge is 0.480 e. The number of nitro groups is 1. The van der Waals surface area contributed by atoms with Gasteiger partial charge in [0.15, 0.2) is 0 Å². The van der Waals surface area contributed by atoms with Crippen LogP contribution in [-0.2, 0) is 16.0 Å². The van der Waals surface area contributed by atoms with Gasteiger partial charge in [0.05, 0.1) is 4.92 Å². The fraction of sp³-hybridized carbons (Fsp3) is 0.167. The number of benzene rings is 3. The molecule has 1 atom stereocenters. The molecule has 1 unspecified atom stereocenters. The van der Waals surface area contributed by atoms with Crippen LogP contribution < -0.4 is 5.32 Å². The topological polar surface area (TPSA) is 119 Å². The number of rotatable bonds is 7. The summed E-state index contributed by atoms with van der Waals surface area (Å²) in [4.78, 5) is 34.2. The lowest BCUT2D eigenvalue weighted by Gasteiger charge is -2.17. The Morgan fingerprint density at radius 2 is 1.53 bits per heavy atom. The molecule has 3 aromatic rings. The zero-order valence-corrected chi connectivity index (χ0v) is 16.9. The lowest BCUT2D eigenvalue weighted by Crippen LogP contribution is -2.42. The number of hydrogen-bond acceptors (Lipinski definition) is 5. The second-order valence-corrected chi connectivity index (χ2v) is 7.49. The molecule has 1 aliphatic carbocycles. The van der Waals surface area contributed by atoms with Crippen LogP contribution in [0.2, 0.25) is 0 Å². The Hall–Kier alpha value is -4.20. The van der Waals surface area contributed by atoms with Gasteiger partial charge < -0.3 is 15.2 Å². The van der Waals surface area contributed by atoms with Gasteiger partial charge in [0.2, 0.25) is 0 Å². The van der Waals surface area contributed by atoms with E-state index in [0.29, 0.717) is 5.56 Å². The number of carboxylic acid groups (broad SMARTS) is 1. The zero-order valence-electron chi connectivity index (χ0n) is 16.9. The van der Waals surface area contributed by atoms with Crippen LogP contribution in [0.5, 0.6) is 0 Å². The van der Waals surface area contributed by atoms with Crippen molar-refractivity contribution in [2.24, 2.45) is 0 Å². The number of carbonyl (C=O) groups excluding carboxylic acids is 1. The fourth-order valence-corrected chi connectivity index (χ4v) is 3.97. The molecule has 0 radical (unpaired) electrons. The normalized spacial score (nSPS) is 13.0. The van der Waals surface area contributed by atoms with Crippen molar-refractivity contribution in [2.75, 3.05) is 6.61 Å². The Kier molecular flexibility index (Phi) is 5.85. The molecular weight excluding hydrogens is 412 g/mol. The molecule has 0 bridgehead atoms. The van der Waals surface area contributed by atoms with Gasteiger partial charge in [0, 0.05) is 24.5 Å². The summed E-state index contributed by atoms with van der Waals surface area (Å²) in [7, 11) is 0. The zero-order chi connectivity index (χ0) is 22.7. The number of alkyl carbamates (subject to hydrolysis) is 1. The molecule has 3 aromatic carbocycles. The maximum Gasteiger partial charge on any atom is 0.407 e. The minimum absolute atomic E-state index is 0.0302. The van der Waals surface area contributed by atoms with E-state index in [1.165, 1.54) is 24.3 Å². The van der Waals surface area contributed by atoms with Gasteiger partial charge in [-0.2, -0.15) is 0 Å².